The third kappa shape index (κ3) is 4.25. The van der Waals surface area contributed by atoms with Crippen molar-refractivity contribution in [3.8, 4) is 34.3 Å². The average molecular weight is 461 g/mol. The van der Waals surface area contributed by atoms with Gasteiger partial charge >= 0.3 is 0 Å². The molecule has 0 aliphatic heterocycles. The molecule has 1 heterocycles. The number of benzene rings is 3. The summed E-state index contributed by atoms with van der Waals surface area (Å²) in [4.78, 5) is 25.7. The molecule has 0 spiro atoms. The van der Waals surface area contributed by atoms with Gasteiger partial charge in [0.25, 0.3) is 5.91 Å². The van der Waals surface area contributed by atoms with Crippen LogP contribution in [0.4, 0.5) is 5.69 Å². The molecule has 0 unspecified atom stereocenters. The van der Waals surface area contributed by atoms with Crippen molar-refractivity contribution in [2.24, 2.45) is 0 Å². The van der Waals surface area contributed by atoms with Gasteiger partial charge in [0, 0.05) is 28.9 Å². The molecule has 0 bridgehead atoms. The summed E-state index contributed by atoms with van der Waals surface area (Å²) in [5.74, 6) is 1.52. The van der Waals surface area contributed by atoms with Gasteiger partial charge in [-0.2, -0.15) is 0 Å². The van der Waals surface area contributed by atoms with E-state index in [1.54, 1.807) is 61.7 Å². The largest absolute Gasteiger partial charge is 0.497 e. The molecule has 0 aliphatic carbocycles. The summed E-state index contributed by atoms with van der Waals surface area (Å²) in [7, 11) is 5.94. The normalized spacial score (nSPS) is 10.6. The maximum Gasteiger partial charge on any atom is 0.255 e. The lowest BCUT2D eigenvalue weighted by molar-refractivity contribution is 0.102. The number of carbonyl (C=O) groups excluding carboxylic acids is 1. The number of hydrogen-bond donors (Lipinski definition) is 1. The van der Waals surface area contributed by atoms with Crippen LogP contribution in [-0.4, -0.2) is 34.3 Å². The number of amides is 1. The lowest BCUT2D eigenvalue weighted by Gasteiger charge is -2.14. The van der Waals surface area contributed by atoms with Crippen molar-refractivity contribution in [2.45, 2.75) is 0 Å². The van der Waals surface area contributed by atoms with E-state index in [9.17, 15) is 9.59 Å². The summed E-state index contributed by atoms with van der Waals surface area (Å²) in [5, 5.41) is 3.09. The molecule has 0 aliphatic rings. The third-order valence-electron chi connectivity index (χ3n) is 5.26. The average Bonchev–Trinajstić information content (AvgIpc) is 2.87. The second kappa shape index (κ2) is 9.58. The number of ether oxygens (including phenoxy) is 4. The molecule has 4 aromatic rings. The number of carbonyl (C=O) groups is 1. The van der Waals surface area contributed by atoms with Crippen molar-refractivity contribution in [3.05, 3.63) is 76.5 Å². The molecule has 0 atom stereocenters. The molecule has 3 aromatic carbocycles. The zero-order chi connectivity index (χ0) is 24.2. The van der Waals surface area contributed by atoms with Crippen LogP contribution in [0.5, 0.6) is 23.0 Å². The van der Waals surface area contributed by atoms with E-state index in [0.29, 0.717) is 39.8 Å². The molecule has 0 fully saturated rings. The van der Waals surface area contributed by atoms with Gasteiger partial charge in [-0.1, -0.05) is 18.2 Å². The van der Waals surface area contributed by atoms with Crippen LogP contribution >= 0.6 is 0 Å². The van der Waals surface area contributed by atoms with Gasteiger partial charge in [0.2, 0.25) is 5.75 Å². The SMILES string of the molecule is COc1cccc(C(=O)Nc2cccc(-c3cc(=O)c4c(OC)c(OC)c(OC)cc4o3)c2)c1. The number of hydrogen-bond acceptors (Lipinski definition) is 7. The van der Waals surface area contributed by atoms with E-state index in [0.717, 1.165) is 0 Å². The fraction of sp³-hybridized carbons (Fsp3) is 0.154. The topological polar surface area (TPSA) is 96.2 Å². The van der Waals surface area contributed by atoms with E-state index >= 15 is 0 Å². The lowest BCUT2D eigenvalue weighted by atomic mass is 10.1. The van der Waals surface area contributed by atoms with Crippen LogP contribution in [0.15, 0.2) is 69.9 Å². The number of methoxy groups -OCH3 is 4. The van der Waals surface area contributed by atoms with Gasteiger partial charge in [-0.3, -0.25) is 9.59 Å². The van der Waals surface area contributed by atoms with E-state index < -0.39 is 0 Å². The predicted octanol–water partition coefficient (Wildman–Crippen LogP) is 4.75. The van der Waals surface area contributed by atoms with Gasteiger partial charge in [-0.15, -0.1) is 0 Å². The van der Waals surface area contributed by atoms with E-state index in [1.165, 1.54) is 27.4 Å². The minimum absolute atomic E-state index is 0.233. The van der Waals surface area contributed by atoms with Crippen LogP contribution < -0.4 is 29.7 Å². The van der Waals surface area contributed by atoms with Gasteiger partial charge in [-0.05, 0) is 30.3 Å². The Morgan fingerprint density at radius 2 is 1.59 bits per heavy atom. The second-order valence-electron chi connectivity index (χ2n) is 7.26. The van der Waals surface area contributed by atoms with E-state index in [4.69, 9.17) is 23.4 Å². The molecule has 0 saturated carbocycles. The van der Waals surface area contributed by atoms with Gasteiger partial charge < -0.3 is 28.7 Å². The molecule has 4 rings (SSSR count). The molecule has 1 aromatic heterocycles. The van der Waals surface area contributed by atoms with Gasteiger partial charge in [-0.25, -0.2) is 0 Å². The molecule has 34 heavy (non-hydrogen) atoms. The molecule has 8 heteroatoms. The molecule has 1 N–H and O–H groups in total. The van der Waals surface area contributed by atoms with Crippen molar-refractivity contribution < 1.29 is 28.2 Å². The standard InChI is InChI=1S/C26H23NO7/c1-30-18-10-6-8-16(12-18)26(29)27-17-9-5-7-15(11-17)20-13-19(28)23-21(34-20)14-22(31-2)24(32-3)25(23)33-4/h5-14H,1-4H3,(H,27,29). The minimum Gasteiger partial charge on any atom is -0.497 e. The fourth-order valence-corrected chi connectivity index (χ4v) is 3.65. The Balaban J connectivity index is 1.73. The van der Waals surface area contributed by atoms with E-state index in [1.807, 2.05) is 0 Å². The maximum absolute atomic E-state index is 13.0. The molecular formula is C26H23NO7. The van der Waals surface area contributed by atoms with Crippen molar-refractivity contribution >= 4 is 22.6 Å². The Morgan fingerprint density at radius 1 is 0.824 bits per heavy atom. The summed E-state index contributed by atoms with van der Waals surface area (Å²) >= 11 is 0. The summed E-state index contributed by atoms with van der Waals surface area (Å²) in [6.07, 6.45) is 0. The minimum atomic E-state index is -0.306. The van der Waals surface area contributed by atoms with Crippen molar-refractivity contribution in [1.29, 1.82) is 0 Å². The Kier molecular flexibility index (Phi) is 6.40. The van der Waals surface area contributed by atoms with Crippen LogP contribution in [0.25, 0.3) is 22.3 Å². The maximum atomic E-state index is 13.0. The molecular weight excluding hydrogens is 438 g/mol. The van der Waals surface area contributed by atoms with Crippen LogP contribution in [0.3, 0.4) is 0 Å². The summed E-state index contributed by atoms with van der Waals surface area (Å²) in [6.45, 7) is 0. The summed E-state index contributed by atoms with van der Waals surface area (Å²) in [5.41, 5.74) is 1.58. The van der Waals surface area contributed by atoms with Crippen molar-refractivity contribution in [2.75, 3.05) is 33.8 Å². The Morgan fingerprint density at radius 3 is 2.29 bits per heavy atom. The first-order valence-electron chi connectivity index (χ1n) is 10.3. The molecule has 0 saturated heterocycles. The first kappa shape index (κ1) is 22.7. The van der Waals surface area contributed by atoms with E-state index in [2.05, 4.69) is 5.32 Å². The smallest absolute Gasteiger partial charge is 0.255 e. The number of rotatable bonds is 7. The van der Waals surface area contributed by atoms with Crippen molar-refractivity contribution in [1.82, 2.24) is 0 Å². The van der Waals surface area contributed by atoms with Crippen LogP contribution in [-0.2, 0) is 0 Å². The Bertz CT molecular complexity index is 1420. The highest BCUT2D eigenvalue weighted by atomic mass is 16.5. The van der Waals surface area contributed by atoms with Gasteiger partial charge in [0.05, 0.1) is 28.4 Å². The number of nitrogens with one attached hydrogen (secondary N) is 1. The zero-order valence-electron chi connectivity index (χ0n) is 19.1. The Labute approximate surface area is 195 Å². The molecule has 1 amide bonds. The van der Waals surface area contributed by atoms with Crippen LogP contribution in [0.1, 0.15) is 10.4 Å². The lowest BCUT2D eigenvalue weighted by Crippen LogP contribution is -2.12. The summed E-state index contributed by atoms with van der Waals surface area (Å²) in [6, 6.07) is 16.8. The van der Waals surface area contributed by atoms with Crippen LogP contribution in [0.2, 0.25) is 0 Å². The molecule has 174 valence electrons. The first-order valence-corrected chi connectivity index (χ1v) is 10.3. The summed E-state index contributed by atoms with van der Waals surface area (Å²) < 4.78 is 27.4. The monoisotopic (exact) mass is 461 g/mol. The fourth-order valence-electron chi connectivity index (χ4n) is 3.65. The van der Waals surface area contributed by atoms with Gasteiger partial charge in [0.15, 0.2) is 16.9 Å². The second-order valence-corrected chi connectivity index (χ2v) is 7.26. The highest BCUT2D eigenvalue weighted by molar-refractivity contribution is 6.04. The van der Waals surface area contributed by atoms with Crippen LogP contribution in [0, 0.1) is 0 Å². The van der Waals surface area contributed by atoms with E-state index in [-0.39, 0.29) is 28.1 Å². The third-order valence-corrected chi connectivity index (χ3v) is 5.26. The molecule has 0 radical (unpaired) electrons. The number of fused-ring (bicyclic) bond motifs is 1. The number of anilines is 1. The van der Waals surface area contributed by atoms with Crippen molar-refractivity contribution in [3.63, 3.8) is 0 Å². The molecule has 8 nitrogen and oxygen atoms in total. The quantitative estimate of drug-likeness (QED) is 0.424. The highest BCUT2D eigenvalue weighted by Gasteiger charge is 2.21. The predicted molar refractivity (Wildman–Crippen MR) is 129 cm³/mol. The highest BCUT2D eigenvalue weighted by Crippen LogP contribution is 2.42. The zero-order valence-corrected chi connectivity index (χ0v) is 19.1. The van der Waals surface area contributed by atoms with Gasteiger partial charge in [0.1, 0.15) is 22.5 Å². The first-order chi connectivity index (χ1) is 16.5. The Hall–Kier alpha value is -4.46.